The zero-order valence-electron chi connectivity index (χ0n) is 12.0. The van der Waals surface area contributed by atoms with Crippen LogP contribution < -0.4 is 5.32 Å². The number of hydrogen-bond donors (Lipinski definition) is 1. The number of carbonyl (C=O) groups is 2. The van der Waals surface area contributed by atoms with Crippen molar-refractivity contribution in [2.45, 2.75) is 32.2 Å². The van der Waals surface area contributed by atoms with E-state index in [2.05, 4.69) is 17.2 Å². The van der Waals surface area contributed by atoms with Gasteiger partial charge < -0.3 is 10.1 Å². The molecule has 0 aromatic heterocycles. The molecule has 1 aliphatic rings. The van der Waals surface area contributed by atoms with Gasteiger partial charge in [-0.2, -0.15) is 0 Å². The molecule has 0 saturated carbocycles. The van der Waals surface area contributed by atoms with Gasteiger partial charge in [0.25, 0.3) is 5.91 Å². The lowest BCUT2D eigenvalue weighted by atomic mass is 9.95. The molecule has 1 N–H and O–H groups in total. The lowest BCUT2D eigenvalue weighted by molar-refractivity contribution is -0.152. The molecule has 0 spiro atoms. The van der Waals surface area contributed by atoms with Crippen LogP contribution in [0, 0.1) is 11.8 Å². The summed E-state index contributed by atoms with van der Waals surface area (Å²) >= 11 is 5.99. The summed E-state index contributed by atoms with van der Waals surface area (Å²) in [5.41, 5.74) is 0.835. The fourth-order valence-electron chi connectivity index (χ4n) is 2.56. The fraction of sp³-hybridized carbons (Fsp3) is 0.375. The number of benzene rings is 1. The van der Waals surface area contributed by atoms with E-state index in [0.29, 0.717) is 17.9 Å². The first-order chi connectivity index (χ1) is 10.0. The zero-order valence-corrected chi connectivity index (χ0v) is 12.7. The van der Waals surface area contributed by atoms with Crippen LogP contribution in [0.3, 0.4) is 0 Å². The Morgan fingerprint density at radius 3 is 2.76 bits per heavy atom. The molecule has 1 amide bonds. The van der Waals surface area contributed by atoms with Gasteiger partial charge in [0, 0.05) is 17.9 Å². The van der Waals surface area contributed by atoms with Crippen molar-refractivity contribution in [1.82, 2.24) is 5.32 Å². The Balaban J connectivity index is 2.33. The van der Waals surface area contributed by atoms with E-state index in [4.69, 9.17) is 16.3 Å². The van der Waals surface area contributed by atoms with Crippen LogP contribution in [0.15, 0.2) is 18.2 Å². The average Bonchev–Trinajstić information content (AvgIpc) is 2.77. The van der Waals surface area contributed by atoms with Gasteiger partial charge in [0.2, 0.25) is 0 Å². The van der Waals surface area contributed by atoms with Gasteiger partial charge in [-0.05, 0) is 43.0 Å². The first-order valence-electron chi connectivity index (χ1n) is 6.70. The monoisotopic (exact) mass is 305 g/mol. The number of rotatable bonds is 3. The second-order valence-electron chi connectivity index (χ2n) is 4.90. The number of esters is 1. The highest BCUT2D eigenvalue weighted by molar-refractivity contribution is 6.30. The van der Waals surface area contributed by atoms with Gasteiger partial charge >= 0.3 is 5.97 Å². The summed E-state index contributed by atoms with van der Waals surface area (Å²) < 4.78 is 5.13. The van der Waals surface area contributed by atoms with E-state index in [1.54, 1.807) is 19.9 Å². The number of fused-ring (bicyclic) bond motifs is 1. The second kappa shape index (κ2) is 6.19. The Labute approximate surface area is 128 Å². The number of carbonyl (C=O) groups excluding carboxylic acids is 2. The summed E-state index contributed by atoms with van der Waals surface area (Å²) in [5, 5.41) is 3.32. The number of hydrogen-bond acceptors (Lipinski definition) is 3. The van der Waals surface area contributed by atoms with Crippen LogP contribution in [-0.4, -0.2) is 24.0 Å². The van der Waals surface area contributed by atoms with E-state index in [1.807, 2.05) is 12.1 Å². The largest absolute Gasteiger partial charge is 0.464 e. The van der Waals surface area contributed by atoms with Crippen LogP contribution >= 0.6 is 11.6 Å². The highest BCUT2D eigenvalue weighted by atomic mass is 35.5. The van der Waals surface area contributed by atoms with E-state index >= 15 is 0 Å². The van der Waals surface area contributed by atoms with Crippen molar-refractivity contribution in [3.05, 3.63) is 34.3 Å². The fourth-order valence-corrected chi connectivity index (χ4v) is 2.75. The molecule has 1 aromatic rings. The molecule has 1 unspecified atom stereocenters. The first-order valence-corrected chi connectivity index (χ1v) is 7.08. The number of nitrogens with one attached hydrogen (secondary N) is 1. The van der Waals surface area contributed by atoms with Crippen LogP contribution in [-0.2, 0) is 27.2 Å². The molecule has 21 heavy (non-hydrogen) atoms. The van der Waals surface area contributed by atoms with Gasteiger partial charge in [-0.3, -0.25) is 4.79 Å². The Kier molecular flexibility index (Phi) is 4.54. The summed E-state index contributed by atoms with van der Waals surface area (Å²) in [7, 11) is 0. The van der Waals surface area contributed by atoms with E-state index in [9.17, 15) is 9.59 Å². The SMILES string of the molecule is CC#CC(=O)NC1(C(=O)OCC)Cc2ccc(Cl)cc2C1. The molecule has 0 aliphatic heterocycles. The predicted octanol–water partition coefficient (Wildman–Crippen LogP) is 1.88. The Morgan fingerprint density at radius 2 is 2.10 bits per heavy atom. The van der Waals surface area contributed by atoms with E-state index < -0.39 is 17.4 Å². The molecule has 5 heteroatoms. The zero-order chi connectivity index (χ0) is 15.5. The van der Waals surface area contributed by atoms with Crippen molar-refractivity contribution in [3.8, 4) is 11.8 Å². The molecule has 0 saturated heterocycles. The maximum atomic E-state index is 12.3. The lowest BCUT2D eigenvalue weighted by Gasteiger charge is -2.26. The smallest absolute Gasteiger partial charge is 0.332 e. The minimum Gasteiger partial charge on any atom is -0.464 e. The third-order valence-electron chi connectivity index (χ3n) is 3.41. The Bertz CT molecular complexity index is 645. The van der Waals surface area contributed by atoms with Crippen LogP contribution in [0.25, 0.3) is 0 Å². The highest BCUT2D eigenvalue weighted by Gasteiger charge is 2.46. The van der Waals surface area contributed by atoms with Crippen molar-refractivity contribution in [1.29, 1.82) is 0 Å². The van der Waals surface area contributed by atoms with Crippen LogP contribution in [0.5, 0.6) is 0 Å². The summed E-state index contributed by atoms with van der Waals surface area (Å²) in [6, 6.07) is 5.46. The molecular weight excluding hydrogens is 290 g/mol. The number of amides is 1. The summed E-state index contributed by atoms with van der Waals surface area (Å²) in [6.07, 6.45) is 0.744. The molecule has 1 aliphatic carbocycles. The molecular formula is C16H16ClNO3. The molecule has 110 valence electrons. The van der Waals surface area contributed by atoms with Gasteiger partial charge in [-0.15, -0.1) is 0 Å². The van der Waals surface area contributed by atoms with Gasteiger partial charge in [0.1, 0.15) is 5.54 Å². The molecule has 0 heterocycles. The minimum absolute atomic E-state index is 0.257. The number of halogens is 1. The van der Waals surface area contributed by atoms with Crippen molar-refractivity contribution in [2.75, 3.05) is 6.61 Å². The molecule has 2 rings (SSSR count). The molecule has 4 nitrogen and oxygen atoms in total. The van der Waals surface area contributed by atoms with Gasteiger partial charge in [-0.1, -0.05) is 23.6 Å². The Hall–Kier alpha value is -1.99. The van der Waals surface area contributed by atoms with E-state index in [-0.39, 0.29) is 6.61 Å². The standard InChI is InChI=1S/C16H16ClNO3/c1-3-5-14(19)18-16(15(20)21-4-2)9-11-6-7-13(17)8-12(11)10-16/h6-8H,4,9-10H2,1-2H3,(H,18,19). The van der Waals surface area contributed by atoms with Crippen molar-refractivity contribution >= 4 is 23.5 Å². The molecule has 1 atom stereocenters. The van der Waals surface area contributed by atoms with Crippen molar-refractivity contribution < 1.29 is 14.3 Å². The van der Waals surface area contributed by atoms with Crippen LogP contribution in [0.1, 0.15) is 25.0 Å². The third kappa shape index (κ3) is 3.20. The van der Waals surface area contributed by atoms with Gasteiger partial charge in [0.05, 0.1) is 6.61 Å². The van der Waals surface area contributed by atoms with Crippen LogP contribution in [0.2, 0.25) is 5.02 Å². The third-order valence-corrected chi connectivity index (χ3v) is 3.65. The number of ether oxygens (including phenoxy) is 1. The quantitative estimate of drug-likeness (QED) is 0.685. The minimum atomic E-state index is -1.09. The van der Waals surface area contributed by atoms with Crippen molar-refractivity contribution in [3.63, 3.8) is 0 Å². The Morgan fingerprint density at radius 1 is 1.38 bits per heavy atom. The topological polar surface area (TPSA) is 55.4 Å². The van der Waals surface area contributed by atoms with Gasteiger partial charge in [0.15, 0.2) is 0 Å². The predicted molar refractivity (Wildman–Crippen MR) is 79.8 cm³/mol. The normalized spacial score (nSPS) is 19.2. The lowest BCUT2D eigenvalue weighted by Crippen LogP contribution is -2.56. The molecule has 0 fully saturated rings. The average molecular weight is 306 g/mol. The first kappa shape index (κ1) is 15.4. The molecule has 1 aromatic carbocycles. The maximum absolute atomic E-state index is 12.3. The van der Waals surface area contributed by atoms with E-state index in [0.717, 1.165) is 11.1 Å². The van der Waals surface area contributed by atoms with Gasteiger partial charge in [-0.25, -0.2) is 4.79 Å². The van der Waals surface area contributed by atoms with Crippen LogP contribution in [0.4, 0.5) is 0 Å². The summed E-state index contributed by atoms with van der Waals surface area (Å²) in [5.74, 6) is 4.00. The maximum Gasteiger partial charge on any atom is 0.332 e. The second-order valence-corrected chi connectivity index (χ2v) is 5.33. The van der Waals surface area contributed by atoms with E-state index in [1.165, 1.54) is 0 Å². The summed E-state index contributed by atoms with van der Waals surface area (Å²) in [4.78, 5) is 24.2. The highest BCUT2D eigenvalue weighted by Crippen LogP contribution is 2.33. The van der Waals surface area contributed by atoms with Crippen molar-refractivity contribution in [2.24, 2.45) is 0 Å². The molecule has 0 bridgehead atoms. The summed E-state index contributed by atoms with van der Waals surface area (Å²) in [6.45, 7) is 3.56. The molecule has 0 radical (unpaired) electrons.